The second-order valence-electron chi connectivity index (χ2n) is 6.42. The molecule has 5 heteroatoms. The predicted octanol–water partition coefficient (Wildman–Crippen LogP) is 1.88. The molecular formula is C16H27FN4. The second kappa shape index (κ2) is 7.29. The van der Waals surface area contributed by atoms with Crippen LogP contribution in [0.1, 0.15) is 31.5 Å². The average molecular weight is 294 g/mol. The third-order valence-electron chi connectivity index (χ3n) is 4.46. The van der Waals surface area contributed by atoms with E-state index in [1.807, 2.05) is 0 Å². The molecule has 0 radical (unpaired) electrons. The molecule has 0 aliphatic carbocycles. The summed E-state index contributed by atoms with van der Waals surface area (Å²) in [7, 11) is 4.29. The number of likely N-dealkylation sites (N-methyl/N-ethyl adjacent to an activating group) is 1. The van der Waals surface area contributed by atoms with Crippen molar-refractivity contribution in [2.75, 3.05) is 33.7 Å². The highest BCUT2D eigenvalue weighted by Crippen LogP contribution is 2.21. The van der Waals surface area contributed by atoms with Crippen molar-refractivity contribution in [3.63, 3.8) is 0 Å². The maximum absolute atomic E-state index is 12.9. The average Bonchev–Trinajstić information content (AvgIpc) is 2.47. The second-order valence-corrected chi connectivity index (χ2v) is 6.42. The highest BCUT2D eigenvalue weighted by atomic mass is 19.1. The summed E-state index contributed by atoms with van der Waals surface area (Å²) in [6.45, 7) is 5.35. The number of hydrogen-bond acceptors (Lipinski definition) is 4. The molecule has 3 unspecified atom stereocenters. The first-order chi connectivity index (χ1) is 9.97. The molecule has 1 aromatic heterocycles. The van der Waals surface area contributed by atoms with Gasteiger partial charge in [-0.05, 0) is 51.5 Å². The normalized spacial score (nSPS) is 23.2. The molecule has 2 heterocycles. The van der Waals surface area contributed by atoms with Gasteiger partial charge in [0.1, 0.15) is 5.82 Å². The summed E-state index contributed by atoms with van der Waals surface area (Å²) in [5, 5.41) is 0. The Bertz CT molecular complexity index is 434. The van der Waals surface area contributed by atoms with E-state index in [-0.39, 0.29) is 11.9 Å². The van der Waals surface area contributed by atoms with Gasteiger partial charge in [0, 0.05) is 19.1 Å². The molecule has 0 spiro atoms. The van der Waals surface area contributed by atoms with E-state index in [4.69, 9.17) is 5.73 Å². The molecular weight excluding hydrogens is 267 g/mol. The van der Waals surface area contributed by atoms with Crippen LogP contribution in [0.25, 0.3) is 0 Å². The summed E-state index contributed by atoms with van der Waals surface area (Å²) in [5.74, 6) is -0.0210. The lowest BCUT2D eigenvalue weighted by Crippen LogP contribution is -2.47. The molecule has 1 aromatic rings. The minimum absolute atomic E-state index is 0.148. The van der Waals surface area contributed by atoms with Gasteiger partial charge in [-0.3, -0.25) is 4.98 Å². The molecule has 2 N–H and O–H groups in total. The van der Waals surface area contributed by atoms with Gasteiger partial charge in [-0.25, -0.2) is 4.39 Å². The van der Waals surface area contributed by atoms with Gasteiger partial charge in [0.25, 0.3) is 0 Å². The number of piperidine rings is 1. The quantitative estimate of drug-likeness (QED) is 0.901. The van der Waals surface area contributed by atoms with Crippen molar-refractivity contribution in [2.45, 2.75) is 31.8 Å². The van der Waals surface area contributed by atoms with Gasteiger partial charge in [0.2, 0.25) is 0 Å². The summed E-state index contributed by atoms with van der Waals surface area (Å²) < 4.78 is 12.9. The largest absolute Gasteiger partial charge is 0.322 e. The SMILES string of the molecule is CC(CN1CCCC(N(C)C)C1)C(N)c1ccc(F)cn1. The van der Waals surface area contributed by atoms with Crippen LogP contribution in [-0.2, 0) is 0 Å². The van der Waals surface area contributed by atoms with Gasteiger partial charge in [0.05, 0.1) is 17.9 Å². The van der Waals surface area contributed by atoms with E-state index in [9.17, 15) is 4.39 Å². The fourth-order valence-electron chi connectivity index (χ4n) is 3.02. The summed E-state index contributed by atoms with van der Waals surface area (Å²) in [6.07, 6.45) is 3.74. The fourth-order valence-corrected chi connectivity index (χ4v) is 3.02. The first-order valence-corrected chi connectivity index (χ1v) is 7.73. The van der Waals surface area contributed by atoms with Crippen molar-refractivity contribution in [1.29, 1.82) is 0 Å². The monoisotopic (exact) mass is 294 g/mol. The smallest absolute Gasteiger partial charge is 0.141 e. The van der Waals surface area contributed by atoms with E-state index < -0.39 is 0 Å². The van der Waals surface area contributed by atoms with Crippen LogP contribution < -0.4 is 5.73 Å². The summed E-state index contributed by atoms with van der Waals surface area (Å²) in [6, 6.07) is 3.60. The van der Waals surface area contributed by atoms with Crippen LogP contribution in [0.5, 0.6) is 0 Å². The Labute approximate surface area is 127 Å². The zero-order valence-electron chi connectivity index (χ0n) is 13.3. The molecule has 1 saturated heterocycles. The zero-order chi connectivity index (χ0) is 15.4. The number of pyridine rings is 1. The van der Waals surface area contributed by atoms with Crippen LogP contribution in [0.2, 0.25) is 0 Å². The van der Waals surface area contributed by atoms with Crippen LogP contribution >= 0.6 is 0 Å². The molecule has 1 fully saturated rings. The Kier molecular flexibility index (Phi) is 5.67. The topological polar surface area (TPSA) is 45.4 Å². The minimum atomic E-state index is -0.316. The minimum Gasteiger partial charge on any atom is -0.322 e. The highest BCUT2D eigenvalue weighted by molar-refractivity contribution is 5.10. The maximum atomic E-state index is 12.9. The summed E-state index contributed by atoms with van der Waals surface area (Å²) in [5.41, 5.74) is 7.05. The number of rotatable bonds is 5. The predicted molar refractivity (Wildman–Crippen MR) is 83.4 cm³/mol. The van der Waals surface area contributed by atoms with Crippen LogP contribution in [0, 0.1) is 11.7 Å². The fraction of sp³-hybridized carbons (Fsp3) is 0.688. The van der Waals surface area contributed by atoms with Gasteiger partial charge in [-0.15, -0.1) is 0 Å². The Morgan fingerprint density at radius 3 is 2.86 bits per heavy atom. The molecule has 0 amide bonds. The van der Waals surface area contributed by atoms with Gasteiger partial charge < -0.3 is 15.5 Å². The zero-order valence-corrected chi connectivity index (χ0v) is 13.3. The number of hydrogen-bond donors (Lipinski definition) is 1. The lowest BCUT2D eigenvalue weighted by atomic mass is 9.96. The van der Waals surface area contributed by atoms with Gasteiger partial charge in [0.15, 0.2) is 0 Å². The third kappa shape index (κ3) is 4.46. The van der Waals surface area contributed by atoms with E-state index in [0.29, 0.717) is 12.0 Å². The third-order valence-corrected chi connectivity index (χ3v) is 4.46. The Hall–Kier alpha value is -1.04. The Morgan fingerprint density at radius 1 is 1.48 bits per heavy atom. The van der Waals surface area contributed by atoms with Crippen molar-refractivity contribution >= 4 is 0 Å². The standard InChI is InChI=1S/C16H27FN4/c1-12(16(18)15-7-6-13(17)9-19-15)10-21-8-4-5-14(11-21)20(2)3/h6-7,9,12,14,16H,4-5,8,10-11,18H2,1-3H3. The number of nitrogens with zero attached hydrogens (tertiary/aromatic N) is 3. The number of nitrogens with two attached hydrogens (primary N) is 1. The van der Waals surface area contributed by atoms with E-state index >= 15 is 0 Å². The van der Waals surface area contributed by atoms with E-state index in [1.54, 1.807) is 6.07 Å². The van der Waals surface area contributed by atoms with Gasteiger partial charge in [-0.1, -0.05) is 6.92 Å². The molecule has 0 bridgehead atoms. The summed E-state index contributed by atoms with van der Waals surface area (Å²) in [4.78, 5) is 8.90. The number of likely N-dealkylation sites (tertiary alicyclic amines) is 1. The molecule has 1 aliphatic heterocycles. The molecule has 1 aliphatic rings. The molecule has 0 saturated carbocycles. The number of aromatic nitrogens is 1. The van der Waals surface area contributed by atoms with Gasteiger partial charge in [-0.2, -0.15) is 0 Å². The van der Waals surface area contributed by atoms with Gasteiger partial charge >= 0.3 is 0 Å². The van der Waals surface area contributed by atoms with Crippen LogP contribution in [0.4, 0.5) is 4.39 Å². The van der Waals surface area contributed by atoms with E-state index in [1.165, 1.54) is 25.1 Å². The van der Waals surface area contributed by atoms with Crippen molar-refractivity contribution in [2.24, 2.45) is 11.7 Å². The molecule has 118 valence electrons. The Morgan fingerprint density at radius 2 is 2.24 bits per heavy atom. The first-order valence-electron chi connectivity index (χ1n) is 7.73. The van der Waals surface area contributed by atoms with Crippen LogP contribution in [0.3, 0.4) is 0 Å². The highest BCUT2D eigenvalue weighted by Gasteiger charge is 2.25. The van der Waals surface area contributed by atoms with Crippen molar-refractivity contribution in [3.05, 3.63) is 29.8 Å². The summed E-state index contributed by atoms with van der Waals surface area (Å²) >= 11 is 0. The molecule has 21 heavy (non-hydrogen) atoms. The molecule has 2 rings (SSSR count). The maximum Gasteiger partial charge on any atom is 0.141 e. The van der Waals surface area contributed by atoms with E-state index in [2.05, 4.69) is 35.8 Å². The van der Waals surface area contributed by atoms with Crippen molar-refractivity contribution in [1.82, 2.24) is 14.8 Å². The van der Waals surface area contributed by atoms with E-state index in [0.717, 1.165) is 25.3 Å². The van der Waals surface area contributed by atoms with Crippen molar-refractivity contribution < 1.29 is 4.39 Å². The lowest BCUT2D eigenvalue weighted by molar-refractivity contribution is 0.116. The molecule has 4 nitrogen and oxygen atoms in total. The van der Waals surface area contributed by atoms with Crippen LogP contribution in [-0.4, -0.2) is 54.6 Å². The van der Waals surface area contributed by atoms with Crippen molar-refractivity contribution in [3.8, 4) is 0 Å². The Balaban J connectivity index is 1.91. The molecule has 0 aromatic carbocycles. The molecule has 3 atom stereocenters. The first kappa shape index (κ1) is 16.3. The van der Waals surface area contributed by atoms with Crippen LogP contribution in [0.15, 0.2) is 18.3 Å². The lowest BCUT2D eigenvalue weighted by Gasteiger charge is -2.38. The number of halogens is 1.